The lowest BCUT2D eigenvalue weighted by Gasteiger charge is -2.23. The van der Waals surface area contributed by atoms with E-state index >= 15 is 0 Å². The smallest absolute Gasteiger partial charge is 0.266 e. The van der Waals surface area contributed by atoms with Gasteiger partial charge in [0, 0.05) is 17.6 Å². The van der Waals surface area contributed by atoms with E-state index in [1.165, 1.54) is 16.6 Å². The van der Waals surface area contributed by atoms with E-state index in [9.17, 15) is 13.2 Å². The van der Waals surface area contributed by atoms with Crippen molar-refractivity contribution in [3.63, 3.8) is 0 Å². The highest BCUT2D eigenvalue weighted by atomic mass is 35.5. The number of halogens is 1. The summed E-state index contributed by atoms with van der Waals surface area (Å²) in [7, 11) is -3.67. The van der Waals surface area contributed by atoms with Crippen molar-refractivity contribution < 1.29 is 8.42 Å². The molecule has 1 N–H and O–H groups in total. The fourth-order valence-electron chi connectivity index (χ4n) is 2.52. The number of thiophene rings is 1. The normalized spacial score (nSPS) is 20.0. The van der Waals surface area contributed by atoms with Crippen LogP contribution >= 0.6 is 22.9 Å². The minimum Gasteiger partial charge on any atom is -0.326 e. The van der Waals surface area contributed by atoms with Gasteiger partial charge in [0.15, 0.2) is 0 Å². The summed E-state index contributed by atoms with van der Waals surface area (Å²) >= 11 is 7.29. The van der Waals surface area contributed by atoms with Crippen LogP contribution in [0.4, 0.5) is 0 Å². The Morgan fingerprint density at radius 2 is 2.24 bits per heavy atom. The zero-order valence-corrected chi connectivity index (χ0v) is 13.3. The van der Waals surface area contributed by atoms with Crippen molar-refractivity contribution in [3.05, 3.63) is 50.0 Å². The Balaban J connectivity index is 2.01. The van der Waals surface area contributed by atoms with E-state index in [2.05, 4.69) is 4.98 Å². The highest BCUT2D eigenvalue weighted by Gasteiger charge is 2.36. The Bertz CT molecular complexity index is 799. The van der Waals surface area contributed by atoms with Crippen molar-refractivity contribution in [1.29, 1.82) is 0 Å². The quantitative estimate of drug-likeness (QED) is 0.930. The molecule has 8 heteroatoms. The van der Waals surface area contributed by atoms with Crippen molar-refractivity contribution >= 4 is 33.0 Å². The lowest BCUT2D eigenvalue weighted by molar-refractivity contribution is 0.401. The van der Waals surface area contributed by atoms with Crippen LogP contribution in [0.1, 0.15) is 23.8 Å². The van der Waals surface area contributed by atoms with Crippen molar-refractivity contribution in [2.75, 3.05) is 6.54 Å². The fraction of sp³-hybridized carbons (Fsp3) is 0.308. The summed E-state index contributed by atoms with van der Waals surface area (Å²) in [5.41, 5.74) is -0.494. The third-order valence-corrected chi connectivity index (χ3v) is 6.65. The zero-order valence-electron chi connectivity index (χ0n) is 11.0. The van der Waals surface area contributed by atoms with Crippen LogP contribution in [0, 0.1) is 0 Å². The summed E-state index contributed by atoms with van der Waals surface area (Å²) in [5.74, 6) is 0. The maximum atomic E-state index is 12.8. The second-order valence-electron chi connectivity index (χ2n) is 4.80. The molecule has 0 spiro atoms. The van der Waals surface area contributed by atoms with Gasteiger partial charge in [-0.15, -0.1) is 11.3 Å². The molecule has 5 nitrogen and oxygen atoms in total. The highest BCUT2D eigenvalue weighted by molar-refractivity contribution is 7.89. The molecule has 0 aliphatic carbocycles. The van der Waals surface area contributed by atoms with Crippen LogP contribution in [0.25, 0.3) is 0 Å². The third-order valence-electron chi connectivity index (χ3n) is 3.51. The summed E-state index contributed by atoms with van der Waals surface area (Å²) in [5, 5.41) is 1.82. The molecule has 21 heavy (non-hydrogen) atoms. The molecule has 0 aromatic carbocycles. The summed E-state index contributed by atoms with van der Waals surface area (Å²) in [4.78, 5) is 14.7. The van der Waals surface area contributed by atoms with Crippen molar-refractivity contribution in [2.45, 2.75) is 23.8 Å². The molecular formula is C13H13ClN2O3S2. The number of hydrogen-bond donors (Lipinski definition) is 1. The van der Waals surface area contributed by atoms with Crippen molar-refractivity contribution in [2.24, 2.45) is 0 Å². The van der Waals surface area contributed by atoms with E-state index in [1.54, 1.807) is 11.3 Å². The van der Waals surface area contributed by atoms with E-state index in [4.69, 9.17) is 11.6 Å². The molecule has 2 aromatic rings. The van der Waals surface area contributed by atoms with Crippen LogP contribution in [-0.4, -0.2) is 24.3 Å². The van der Waals surface area contributed by atoms with Gasteiger partial charge in [0.2, 0.25) is 10.0 Å². The first-order valence-corrected chi connectivity index (χ1v) is 9.13. The topological polar surface area (TPSA) is 70.2 Å². The van der Waals surface area contributed by atoms with Gasteiger partial charge < -0.3 is 4.98 Å². The first-order valence-electron chi connectivity index (χ1n) is 6.43. The number of nitrogens with one attached hydrogen (secondary N) is 1. The zero-order chi connectivity index (χ0) is 15.0. The number of rotatable bonds is 3. The largest absolute Gasteiger partial charge is 0.326 e. The standard InChI is InChI=1S/C13H13ClN2O3S2/c14-10-7-9(8-15-13(10)17)21(18,19)16-5-1-3-11(16)12-4-2-6-20-12/h2,4,6-8,11H,1,3,5H2,(H,15,17). The second-order valence-corrected chi connectivity index (χ2v) is 8.08. The Labute approximate surface area is 131 Å². The number of nitrogens with zero attached hydrogens (tertiary/aromatic N) is 1. The van der Waals surface area contributed by atoms with Gasteiger partial charge in [-0.25, -0.2) is 8.42 Å². The van der Waals surface area contributed by atoms with Crippen LogP contribution in [0.5, 0.6) is 0 Å². The fourth-order valence-corrected chi connectivity index (χ4v) is 5.36. The molecule has 3 rings (SSSR count). The second kappa shape index (κ2) is 5.57. The first kappa shape index (κ1) is 14.8. The minimum absolute atomic E-state index is 0.0237. The monoisotopic (exact) mass is 344 g/mol. The maximum Gasteiger partial charge on any atom is 0.266 e. The van der Waals surface area contributed by atoms with Gasteiger partial charge >= 0.3 is 0 Å². The molecule has 1 aliphatic rings. The van der Waals surface area contributed by atoms with E-state index in [0.29, 0.717) is 6.54 Å². The predicted molar refractivity (Wildman–Crippen MR) is 82.3 cm³/mol. The Hall–Kier alpha value is -1.15. The predicted octanol–water partition coefficient (Wildman–Crippen LogP) is 2.62. The van der Waals surface area contributed by atoms with Gasteiger partial charge in [-0.1, -0.05) is 17.7 Å². The molecule has 0 bridgehead atoms. The van der Waals surface area contributed by atoms with Crippen LogP contribution in [-0.2, 0) is 10.0 Å². The average Bonchev–Trinajstić information content (AvgIpc) is 3.11. The number of aromatic nitrogens is 1. The van der Waals surface area contributed by atoms with E-state index < -0.39 is 15.6 Å². The van der Waals surface area contributed by atoms with Gasteiger partial charge in [-0.2, -0.15) is 4.31 Å². The van der Waals surface area contributed by atoms with Gasteiger partial charge in [0.25, 0.3) is 5.56 Å². The van der Waals surface area contributed by atoms with E-state index in [0.717, 1.165) is 17.7 Å². The highest BCUT2D eigenvalue weighted by Crippen LogP contribution is 2.38. The van der Waals surface area contributed by atoms with Crippen LogP contribution in [0.3, 0.4) is 0 Å². The Kier molecular flexibility index (Phi) is 3.92. The minimum atomic E-state index is -3.67. The van der Waals surface area contributed by atoms with Crippen molar-refractivity contribution in [1.82, 2.24) is 9.29 Å². The average molecular weight is 345 g/mol. The molecule has 0 saturated carbocycles. The Morgan fingerprint density at radius 3 is 2.90 bits per heavy atom. The number of aromatic amines is 1. The maximum absolute atomic E-state index is 12.8. The van der Waals surface area contributed by atoms with E-state index in [-0.39, 0.29) is 16.0 Å². The number of sulfonamides is 1. The van der Waals surface area contributed by atoms with Gasteiger partial charge in [0.1, 0.15) is 5.02 Å². The third kappa shape index (κ3) is 2.66. The number of H-pyrrole nitrogens is 1. The van der Waals surface area contributed by atoms with Gasteiger partial charge in [-0.3, -0.25) is 4.79 Å². The molecule has 1 aliphatic heterocycles. The van der Waals surface area contributed by atoms with E-state index in [1.807, 2.05) is 17.5 Å². The Morgan fingerprint density at radius 1 is 1.43 bits per heavy atom. The van der Waals surface area contributed by atoms with Crippen molar-refractivity contribution in [3.8, 4) is 0 Å². The SMILES string of the molecule is O=c1[nH]cc(S(=O)(=O)N2CCCC2c2cccs2)cc1Cl. The molecule has 1 unspecified atom stereocenters. The molecule has 2 aromatic heterocycles. The van der Waals surface area contributed by atoms with Crippen LogP contribution < -0.4 is 5.56 Å². The summed E-state index contributed by atoms with van der Waals surface area (Å²) < 4.78 is 27.0. The number of pyridine rings is 1. The lowest BCUT2D eigenvalue weighted by atomic mass is 10.2. The molecule has 1 fully saturated rings. The summed E-state index contributed by atoms with van der Waals surface area (Å²) in [6.07, 6.45) is 2.82. The molecule has 0 radical (unpaired) electrons. The molecule has 112 valence electrons. The first-order chi connectivity index (χ1) is 10.00. The molecule has 1 atom stereocenters. The van der Waals surface area contributed by atoms with Gasteiger partial charge in [0.05, 0.1) is 10.9 Å². The van der Waals surface area contributed by atoms with Crippen LogP contribution in [0.2, 0.25) is 5.02 Å². The number of hydrogen-bond acceptors (Lipinski definition) is 4. The van der Waals surface area contributed by atoms with Crippen LogP contribution in [0.15, 0.2) is 39.5 Å². The van der Waals surface area contributed by atoms with Gasteiger partial charge in [-0.05, 0) is 30.4 Å². The molecule has 3 heterocycles. The molecule has 1 saturated heterocycles. The lowest BCUT2D eigenvalue weighted by Crippen LogP contribution is -2.30. The molecule has 0 amide bonds. The summed E-state index contributed by atoms with van der Waals surface area (Å²) in [6, 6.07) is 4.93. The molecular weight excluding hydrogens is 332 g/mol. The summed E-state index contributed by atoms with van der Waals surface area (Å²) in [6.45, 7) is 0.474.